The van der Waals surface area contributed by atoms with Crippen LogP contribution >= 0.6 is 23.1 Å². The van der Waals surface area contributed by atoms with Gasteiger partial charge in [0.25, 0.3) is 0 Å². The van der Waals surface area contributed by atoms with E-state index in [1.54, 1.807) is 11.4 Å². The summed E-state index contributed by atoms with van der Waals surface area (Å²) in [7, 11) is 1.33. The zero-order valence-corrected chi connectivity index (χ0v) is 12.2. The third kappa shape index (κ3) is 3.95. The number of nitrogens with one attached hydrogen (secondary N) is 2. The van der Waals surface area contributed by atoms with Gasteiger partial charge in [0.1, 0.15) is 4.88 Å². The van der Waals surface area contributed by atoms with Crippen molar-refractivity contribution in [2.24, 2.45) is 0 Å². The molecule has 1 saturated heterocycles. The molecule has 5 nitrogen and oxygen atoms in total. The van der Waals surface area contributed by atoms with Crippen molar-refractivity contribution in [2.45, 2.75) is 12.5 Å². The van der Waals surface area contributed by atoms with Gasteiger partial charge in [-0.15, -0.1) is 11.3 Å². The smallest absolute Gasteiger partial charge is 0.350 e. The summed E-state index contributed by atoms with van der Waals surface area (Å²) in [5, 5.41) is 7.84. The summed E-state index contributed by atoms with van der Waals surface area (Å²) in [4.78, 5) is 23.9. The monoisotopic (exact) mass is 300 g/mol. The number of hydrogen-bond acceptors (Lipinski definition) is 6. The van der Waals surface area contributed by atoms with Crippen LogP contribution in [0.3, 0.4) is 0 Å². The van der Waals surface area contributed by atoms with Gasteiger partial charge in [-0.2, -0.15) is 11.8 Å². The predicted octanol–water partition coefficient (Wildman–Crippen LogP) is 1.57. The van der Waals surface area contributed by atoms with Gasteiger partial charge in [0.15, 0.2) is 0 Å². The lowest BCUT2D eigenvalue weighted by Crippen LogP contribution is -2.39. The van der Waals surface area contributed by atoms with E-state index in [1.807, 2.05) is 11.8 Å². The van der Waals surface area contributed by atoms with Crippen LogP contribution in [0.15, 0.2) is 11.4 Å². The molecule has 0 aromatic carbocycles. The Hall–Kier alpha value is -1.05. The van der Waals surface area contributed by atoms with Crippen LogP contribution in [0.5, 0.6) is 0 Å². The van der Waals surface area contributed by atoms with Gasteiger partial charge in [-0.3, -0.25) is 4.79 Å². The van der Waals surface area contributed by atoms with Crippen LogP contribution in [-0.2, 0) is 9.53 Å². The Bertz CT molecular complexity index is 456. The van der Waals surface area contributed by atoms with Gasteiger partial charge < -0.3 is 15.4 Å². The fourth-order valence-electron chi connectivity index (χ4n) is 1.83. The fourth-order valence-corrected chi connectivity index (χ4v) is 3.55. The molecule has 7 heteroatoms. The summed E-state index contributed by atoms with van der Waals surface area (Å²) >= 11 is 3.11. The summed E-state index contributed by atoms with van der Waals surface area (Å²) in [6.07, 6.45) is 0.420. The summed E-state index contributed by atoms with van der Waals surface area (Å²) in [6, 6.07) is 1.93. The highest BCUT2D eigenvalue weighted by Gasteiger charge is 2.19. The Morgan fingerprint density at radius 3 is 3.11 bits per heavy atom. The molecule has 1 unspecified atom stereocenters. The van der Waals surface area contributed by atoms with Crippen LogP contribution in [0.2, 0.25) is 0 Å². The number of thiophene rings is 1. The summed E-state index contributed by atoms with van der Waals surface area (Å²) in [5.41, 5.74) is 0.533. The van der Waals surface area contributed by atoms with Crippen LogP contribution in [0.25, 0.3) is 0 Å². The van der Waals surface area contributed by atoms with E-state index in [4.69, 9.17) is 0 Å². The lowest BCUT2D eigenvalue weighted by molar-refractivity contribution is -0.116. The van der Waals surface area contributed by atoms with Crippen molar-refractivity contribution in [1.82, 2.24) is 5.32 Å². The molecule has 0 spiro atoms. The van der Waals surface area contributed by atoms with Crippen molar-refractivity contribution in [3.63, 3.8) is 0 Å². The number of ether oxygens (including phenoxy) is 1. The van der Waals surface area contributed by atoms with Crippen molar-refractivity contribution < 1.29 is 14.3 Å². The van der Waals surface area contributed by atoms with E-state index in [0.717, 1.165) is 18.1 Å². The largest absolute Gasteiger partial charge is 0.465 e. The Morgan fingerprint density at radius 2 is 2.42 bits per heavy atom. The summed E-state index contributed by atoms with van der Waals surface area (Å²) in [5.74, 6) is 1.54. The first-order valence-electron chi connectivity index (χ1n) is 5.97. The molecular weight excluding hydrogens is 284 g/mol. The maximum atomic E-state index is 11.9. The number of carbonyl (C=O) groups is 2. The van der Waals surface area contributed by atoms with Gasteiger partial charge in [-0.25, -0.2) is 4.79 Å². The minimum Gasteiger partial charge on any atom is -0.465 e. The van der Waals surface area contributed by atoms with E-state index in [2.05, 4.69) is 15.4 Å². The van der Waals surface area contributed by atoms with Crippen LogP contribution in [0, 0.1) is 0 Å². The third-order valence-electron chi connectivity index (χ3n) is 2.74. The molecule has 19 heavy (non-hydrogen) atoms. The average Bonchev–Trinajstić information content (AvgIpc) is 2.87. The highest BCUT2D eigenvalue weighted by molar-refractivity contribution is 7.99. The first-order chi connectivity index (χ1) is 9.20. The van der Waals surface area contributed by atoms with Crippen LogP contribution in [-0.4, -0.2) is 43.1 Å². The molecule has 0 bridgehead atoms. The molecule has 1 fully saturated rings. The number of thioether (sulfide) groups is 1. The van der Waals surface area contributed by atoms with Gasteiger partial charge in [0.2, 0.25) is 5.91 Å². The van der Waals surface area contributed by atoms with Gasteiger partial charge in [-0.1, -0.05) is 0 Å². The highest BCUT2D eigenvalue weighted by Crippen LogP contribution is 2.23. The van der Waals surface area contributed by atoms with Gasteiger partial charge in [0, 0.05) is 30.5 Å². The molecule has 1 amide bonds. The van der Waals surface area contributed by atoms with Crippen LogP contribution < -0.4 is 10.6 Å². The number of rotatable bonds is 4. The molecule has 2 N–H and O–H groups in total. The Labute approximate surface area is 120 Å². The molecule has 2 rings (SSSR count). The maximum Gasteiger partial charge on any atom is 0.350 e. The molecule has 2 heterocycles. The maximum absolute atomic E-state index is 11.9. The SMILES string of the molecule is COC(=O)c1sccc1NC(=O)CC1CSCCN1. The lowest BCUT2D eigenvalue weighted by Gasteiger charge is -2.22. The minimum atomic E-state index is -0.420. The number of carbonyl (C=O) groups excluding carboxylic acids is 2. The second-order valence-electron chi connectivity index (χ2n) is 4.13. The number of esters is 1. The highest BCUT2D eigenvalue weighted by atomic mass is 32.2. The molecular formula is C12H16N2O3S2. The standard InChI is InChI=1S/C12H16N2O3S2/c1-17-12(16)11-9(2-4-19-11)14-10(15)6-8-7-18-5-3-13-8/h2,4,8,13H,3,5-7H2,1H3,(H,14,15). The van der Waals surface area contributed by atoms with E-state index in [0.29, 0.717) is 17.0 Å². The second-order valence-corrected chi connectivity index (χ2v) is 6.20. The molecule has 1 aromatic heterocycles. The summed E-state index contributed by atoms with van der Waals surface area (Å²) in [6.45, 7) is 0.939. The van der Waals surface area contributed by atoms with Crippen molar-refractivity contribution in [3.8, 4) is 0 Å². The lowest BCUT2D eigenvalue weighted by atomic mass is 10.2. The average molecular weight is 300 g/mol. The van der Waals surface area contributed by atoms with E-state index >= 15 is 0 Å². The van der Waals surface area contributed by atoms with Crippen molar-refractivity contribution in [1.29, 1.82) is 0 Å². The fraction of sp³-hybridized carbons (Fsp3) is 0.500. The molecule has 0 saturated carbocycles. The van der Waals surface area contributed by atoms with E-state index in [-0.39, 0.29) is 11.9 Å². The Kier molecular flexibility index (Phi) is 5.24. The summed E-state index contributed by atoms with van der Waals surface area (Å²) < 4.78 is 4.67. The molecule has 0 radical (unpaired) electrons. The van der Waals surface area contributed by atoms with Gasteiger partial charge >= 0.3 is 5.97 Å². The molecule has 0 aliphatic carbocycles. The third-order valence-corrected chi connectivity index (χ3v) is 4.77. The van der Waals surface area contributed by atoms with E-state index in [9.17, 15) is 9.59 Å². The predicted molar refractivity (Wildman–Crippen MR) is 78.0 cm³/mol. The zero-order chi connectivity index (χ0) is 13.7. The molecule has 104 valence electrons. The van der Waals surface area contributed by atoms with Crippen LogP contribution in [0.4, 0.5) is 5.69 Å². The number of anilines is 1. The van der Waals surface area contributed by atoms with Crippen molar-refractivity contribution in [2.75, 3.05) is 30.5 Å². The van der Waals surface area contributed by atoms with E-state index < -0.39 is 5.97 Å². The van der Waals surface area contributed by atoms with Crippen molar-refractivity contribution >= 4 is 40.7 Å². The number of hydrogen-bond donors (Lipinski definition) is 2. The molecule has 1 atom stereocenters. The zero-order valence-electron chi connectivity index (χ0n) is 10.6. The van der Waals surface area contributed by atoms with Gasteiger partial charge in [0.05, 0.1) is 12.8 Å². The first kappa shape index (κ1) is 14.4. The molecule has 1 aliphatic heterocycles. The number of amides is 1. The normalized spacial score (nSPS) is 18.9. The second kappa shape index (κ2) is 6.93. The first-order valence-corrected chi connectivity index (χ1v) is 8.01. The Balaban J connectivity index is 1.91. The molecule has 1 aromatic rings. The number of methoxy groups -OCH3 is 1. The Morgan fingerprint density at radius 1 is 1.58 bits per heavy atom. The van der Waals surface area contributed by atoms with Crippen LogP contribution in [0.1, 0.15) is 16.1 Å². The van der Waals surface area contributed by atoms with Gasteiger partial charge in [-0.05, 0) is 11.4 Å². The van der Waals surface area contributed by atoms with E-state index in [1.165, 1.54) is 18.4 Å². The quantitative estimate of drug-likeness (QED) is 0.826. The topological polar surface area (TPSA) is 67.4 Å². The van der Waals surface area contributed by atoms with Crippen molar-refractivity contribution in [3.05, 3.63) is 16.3 Å². The molecule has 1 aliphatic rings. The minimum absolute atomic E-state index is 0.0800.